The molecule has 1 aromatic heterocycles. The molecule has 0 saturated carbocycles. The van der Waals surface area contributed by atoms with Gasteiger partial charge in [-0.2, -0.15) is 0 Å². The van der Waals surface area contributed by atoms with Crippen molar-refractivity contribution in [2.45, 2.75) is 38.4 Å². The predicted octanol–water partition coefficient (Wildman–Crippen LogP) is 1.07. The van der Waals surface area contributed by atoms with E-state index in [4.69, 9.17) is 0 Å². The van der Waals surface area contributed by atoms with Gasteiger partial charge in [0.05, 0.1) is 4.88 Å². The Morgan fingerprint density at radius 3 is 2.68 bits per heavy atom. The van der Waals surface area contributed by atoms with Crippen molar-refractivity contribution in [3.8, 4) is 0 Å². The molecule has 0 spiro atoms. The third kappa shape index (κ3) is 3.86. The van der Waals surface area contributed by atoms with Crippen LogP contribution in [0.5, 0.6) is 0 Å². The highest BCUT2D eigenvalue weighted by molar-refractivity contribution is 7.92. The lowest BCUT2D eigenvalue weighted by Crippen LogP contribution is -2.47. The van der Waals surface area contributed by atoms with Crippen molar-refractivity contribution in [1.29, 1.82) is 0 Å². The van der Waals surface area contributed by atoms with Crippen LogP contribution in [0, 0.1) is 5.92 Å². The van der Waals surface area contributed by atoms with Gasteiger partial charge in [-0.1, -0.05) is 6.92 Å². The highest BCUT2D eigenvalue weighted by Gasteiger charge is 2.25. The average Bonchev–Trinajstić information content (AvgIpc) is 2.85. The van der Waals surface area contributed by atoms with Crippen molar-refractivity contribution in [3.63, 3.8) is 0 Å². The number of nitrogens with one attached hydrogen (secondary N) is 2. The zero-order valence-corrected chi connectivity index (χ0v) is 14.4. The lowest BCUT2D eigenvalue weighted by atomic mass is 9.90. The van der Waals surface area contributed by atoms with Crippen LogP contribution in [0.3, 0.4) is 0 Å². The Kier molecular flexibility index (Phi) is 4.91. The number of carbonyl (C=O) groups is 2. The average molecular weight is 344 g/mol. The molecule has 1 aliphatic rings. The van der Waals surface area contributed by atoms with Gasteiger partial charge in [0, 0.05) is 11.1 Å². The fourth-order valence-electron chi connectivity index (χ4n) is 2.29. The van der Waals surface area contributed by atoms with Crippen LogP contribution in [0.2, 0.25) is 0 Å². The van der Waals surface area contributed by atoms with Crippen molar-refractivity contribution in [2.24, 2.45) is 5.92 Å². The van der Waals surface area contributed by atoms with E-state index in [1.165, 1.54) is 28.7 Å². The molecule has 8 heteroatoms. The predicted molar refractivity (Wildman–Crippen MR) is 85.4 cm³/mol. The highest BCUT2D eigenvalue weighted by atomic mass is 32.2. The van der Waals surface area contributed by atoms with E-state index in [-0.39, 0.29) is 0 Å². The van der Waals surface area contributed by atoms with Crippen LogP contribution in [0.1, 0.15) is 40.4 Å². The minimum atomic E-state index is -3.48. The van der Waals surface area contributed by atoms with Crippen LogP contribution in [-0.4, -0.2) is 31.7 Å². The molecule has 0 fully saturated rings. The molecular weight excluding hydrogens is 324 g/mol. The zero-order valence-electron chi connectivity index (χ0n) is 12.8. The number of thiophene rings is 1. The number of sulfone groups is 1. The molecule has 1 aromatic rings. The molecular formula is C14H20N2O4S2. The van der Waals surface area contributed by atoms with Gasteiger partial charge in [-0.25, -0.2) is 8.42 Å². The molecule has 22 heavy (non-hydrogen) atoms. The zero-order chi connectivity index (χ0) is 16.5. The van der Waals surface area contributed by atoms with Crippen molar-refractivity contribution >= 4 is 33.0 Å². The summed E-state index contributed by atoms with van der Waals surface area (Å²) < 4.78 is 22.6. The minimum Gasteiger partial charge on any atom is -0.272 e. The number of amides is 2. The van der Waals surface area contributed by atoms with Gasteiger partial charge >= 0.3 is 0 Å². The fraction of sp³-hybridized carbons (Fsp3) is 0.571. The van der Waals surface area contributed by atoms with Gasteiger partial charge in [0.15, 0.2) is 9.84 Å². The Morgan fingerprint density at radius 1 is 1.36 bits per heavy atom. The second-order valence-corrected chi connectivity index (χ2v) is 9.33. The molecule has 0 radical (unpaired) electrons. The van der Waals surface area contributed by atoms with Crippen molar-refractivity contribution in [3.05, 3.63) is 21.4 Å². The number of hydrogen-bond acceptors (Lipinski definition) is 5. The van der Waals surface area contributed by atoms with Crippen molar-refractivity contribution in [1.82, 2.24) is 10.9 Å². The van der Waals surface area contributed by atoms with Gasteiger partial charge in [-0.15, -0.1) is 11.3 Å². The smallest absolute Gasteiger partial charge is 0.272 e. The van der Waals surface area contributed by atoms with Gasteiger partial charge in [-0.3, -0.25) is 20.4 Å². The van der Waals surface area contributed by atoms with Crippen molar-refractivity contribution in [2.75, 3.05) is 6.26 Å². The van der Waals surface area contributed by atoms with E-state index in [2.05, 4.69) is 17.8 Å². The number of rotatable bonds is 3. The third-order valence-corrected chi connectivity index (χ3v) is 6.60. The first-order chi connectivity index (χ1) is 10.2. The van der Waals surface area contributed by atoms with Crippen LogP contribution >= 0.6 is 11.3 Å². The summed E-state index contributed by atoms with van der Waals surface area (Å²) in [7, 11) is -3.48. The molecule has 0 aromatic carbocycles. The Labute approximate surface area is 134 Å². The molecule has 0 saturated heterocycles. The van der Waals surface area contributed by atoms with E-state index in [0.29, 0.717) is 10.8 Å². The molecule has 2 amide bonds. The largest absolute Gasteiger partial charge is 0.279 e. The quantitative estimate of drug-likeness (QED) is 0.802. The van der Waals surface area contributed by atoms with E-state index in [0.717, 1.165) is 25.5 Å². The lowest BCUT2D eigenvalue weighted by molar-refractivity contribution is -0.121. The molecule has 2 N–H and O–H groups in total. The van der Waals surface area contributed by atoms with Gasteiger partial charge in [0.1, 0.15) is 5.25 Å². The molecule has 0 bridgehead atoms. The maximum absolute atomic E-state index is 12.1. The topological polar surface area (TPSA) is 92.3 Å². The van der Waals surface area contributed by atoms with Gasteiger partial charge in [0.2, 0.25) is 0 Å². The second-order valence-electron chi connectivity index (χ2n) is 5.82. The van der Waals surface area contributed by atoms with Crippen LogP contribution < -0.4 is 10.9 Å². The summed E-state index contributed by atoms with van der Waals surface area (Å²) in [5.74, 6) is -0.541. The molecule has 2 rings (SSSR count). The monoisotopic (exact) mass is 344 g/mol. The summed E-state index contributed by atoms with van der Waals surface area (Å²) in [5.41, 5.74) is 5.64. The number of hydrazine groups is 1. The Hall–Kier alpha value is -1.41. The summed E-state index contributed by atoms with van der Waals surface area (Å²) in [6.45, 7) is 3.47. The highest BCUT2D eigenvalue weighted by Crippen LogP contribution is 2.32. The molecule has 2 unspecified atom stereocenters. The summed E-state index contributed by atoms with van der Waals surface area (Å²) in [6.07, 6.45) is 4.05. The number of fused-ring (bicyclic) bond motifs is 1. The first-order valence-electron chi connectivity index (χ1n) is 7.09. The van der Waals surface area contributed by atoms with E-state index in [9.17, 15) is 18.0 Å². The molecule has 6 nitrogen and oxygen atoms in total. The maximum Gasteiger partial charge on any atom is 0.279 e. The Balaban J connectivity index is 1.97. The van der Waals surface area contributed by atoms with E-state index in [1.54, 1.807) is 0 Å². The lowest BCUT2D eigenvalue weighted by Gasteiger charge is -2.16. The summed E-state index contributed by atoms with van der Waals surface area (Å²) in [5, 5.41) is -1.20. The minimum absolute atomic E-state index is 0.416. The van der Waals surface area contributed by atoms with E-state index in [1.807, 2.05) is 6.07 Å². The van der Waals surface area contributed by atoms with Gasteiger partial charge < -0.3 is 0 Å². The Bertz CT molecular complexity index is 694. The van der Waals surface area contributed by atoms with Crippen LogP contribution in [0.15, 0.2) is 6.07 Å². The molecule has 122 valence electrons. The van der Waals surface area contributed by atoms with Crippen LogP contribution in [0.25, 0.3) is 0 Å². The number of hydrogen-bond donors (Lipinski definition) is 2. The molecule has 2 atom stereocenters. The standard InChI is InChI=1S/C14H20N2O4S2/c1-8-4-5-11-10(6-8)7-12(21-11)14(18)16-15-13(17)9(2)22(3,19)20/h7-9H,4-6H2,1-3H3,(H,15,17)(H,16,18). The summed E-state index contributed by atoms with van der Waals surface area (Å²) >= 11 is 1.43. The molecule has 0 aliphatic heterocycles. The Morgan fingerprint density at radius 2 is 2.05 bits per heavy atom. The van der Waals surface area contributed by atoms with Gasteiger partial charge in [0.25, 0.3) is 11.8 Å². The van der Waals surface area contributed by atoms with Crippen LogP contribution in [-0.2, 0) is 27.5 Å². The van der Waals surface area contributed by atoms with E-state index < -0.39 is 26.9 Å². The van der Waals surface area contributed by atoms with Crippen LogP contribution in [0.4, 0.5) is 0 Å². The van der Waals surface area contributed by atoms with Gasteiger partial charge in [-0.05, 0) is 43.7 Å². The SMILES string of the molecule is CC1CCc2sc(C(=O)NNC(=O)C(C)S(C)(=O)=O)cc2C1. The third-order valence-electron chi connectivity index (χ3n) is 3.86. The fourth-order valence-corrected chi connectivity index (χ4v) is 3.85. The molecule has 1 heterocycles. The van der Waals surface area contributed by atoms with E-state index >= 15 is 0 Å². The first-order valence-corrected chi connectivity index (χ1v) is 9.86. The number of carbonyl (C=O) groups excluding carboxylic acids is 2. The summed E-state index contributed by atoms with van der Waals surface area (Å²) in [6, 6.07) is 1.86. The summed E-state index contributed by atoms with van der Waals surface area (Å²) in [4.78, 5) is 25.5. The maximum atomic E-state index is 12.1. The molecule has 1 aliphatic carbocycles. The number of aryl methyl sites for hydroxylation is 1. The normalized spacial score (nSPS) is 19.1. The van der Waals surface area contributed by atoms with Crippen molar-refractivity contribution < 1.29 is 18.0 Å². The second kappa shape index (κ2) is 6.37. The first kappa shape index (κ1) is 17.0.